The van der Waals surface area contributed by atoms with Gasteiger partial charge in [0.2, 0.25) is 5.91 Å². The number of hydrogen-bond donors (Lipinski definition) is 1. The molecule has 0 atom stereocenters. The summed E-state index contributed by atoms with van der Waals surface area (Å²) in [5.74, 6) is 0.934. The number of ether oxygens (including phenoxy) is 2. The zero-order valence-corrected chi connectivity index (χ0v) is 19.0. The fourth-order valence-electron chi connectivity index (χ4n) is 2.80. The van der Waals surface area contributed by atoms with E-state index >= 15 is 0 Å². The van der Waals surface area contributed by atoms with E-state index in [2.05, 4.69) is 21.2 Å². The van der Waals surface area contributed by atoms with Crippen molar-refractivity contribution in [3.63, 3.8) is 0 Å². The Labute approximate surface area is 189 Å². The van der Waals surface area contributed by atoms with Crippen LogP contribution in [-0.4, -0.2) is 13.0 Å². The largest absolute Gasteiger partial charge is 0.493 e. The van der Waals surface area contributed by atoms with Crippen LogP contribution < -0.4 is 14.8 Å². The molecule has 0 aromatic heterocycles. The maximum atomic E-state index is 12.3. The highest BCUT2D eigenvalue weighted by Crippen LogP contribution is 2.37. The standard InChI is InChI=1S/C24H21BrClNO3/c1-16-20(26)9-6-10-21(16)27-23(28)12-11-18-13-19(25)24(22(14-18)29-2)30-15-17-7-4-3-5-8-17/h3-14H,15H2,1-2H3,(H,27,28). The molecular formula is C24H21BrClNO3. The summed E-state index contributed by atoms with van der Waals surface area (Å²) in [5, 5.41) is 3.44. The van der Waals surface area contributed by atoms with Crippen molar-refractivity contribution in [1.82, 2.24) is 0 Å². The predicted molar refractivity (Wildman–Crippen MR) is 125 cm³/mol. The first kappa shape index (κ1) is 21.9. The fourth-order valence-corrected chi connectivity index (χ4v) is 3.54. The molecule has 0 aliphatic rings. The highest BCUT2D eigenvalue weighted by atomic mass is 79.9. The van der Waals surface area contributed by atoms with Crippen LogP contribution in [0.1, 0.15) is 16.7 Å². The van der Waals surface area contributed by atoms with Gasteiger partial charge in [0.1, 0.15) is 6.61 Å². The predicted octanol–water partition coefficient (Wildman–Crippen LogP) is 6.65. The monoisotopic (exact) mass is 485 g/mol. The van der Waals surface area contributed by atoms with E-state index in [-0.39, 0.29) is 5.91 Å². The van der Waals surface area contributed by atoms with E-state index in [1.54, 1.807) is 25.3 Å². The van der Waals surface area contributed by atoms with Crippen molar-refractivity contribution in [3.05, 3.63) is 92.9 Å². The van der Waals surface area contributed by atoms with Crippen molar-refractivity contribution in [2.75, 3.05) is 12.4 Å². The summed E-state index contributed by atoms with van der Waals surface area (Å²) in [6.45, 7) is 2.28. The van der Waals surface area contributed by atoms with Crippen LogP contribution in [0.25, 0.3) is 6.08 Å². The number of benzene rings is 3. The minimum atomic E-state index is -0.250. The molecule has 6 heteroatoms. The summed E-state index contributed by atoms with van der Waals surface area (Å²) in [7, 11) is 1.58. The third kappa shape index (κ3) is 5.65. The molecule has 0 heterocycles. The van der Waals surface area contributed by atoms with Gasteiger partial charge < -0.3 is 14.8 Å². The molecule has 3 aromatic carbocycles. The topological polar surface area (TPSA) is 47.6 Å². The van der Waals surface area contributed by atoms with Crippen LogP contribution >= 0.6 is 27.5 Å². The van der Waals surface area contributed by atoms with Gasteiger partial charge in [-0.2, -0.15) is 0 Å². The molecule has 0 bridgehead atoms. The van der Waals surface area contributed by atoms with Crippen molar-refractivity contribution in [3.8, 4) is 11.5 Å². The van der Waals surface area contributed by atoms with Crippen LogP contribution in [0.5, 0.6) is 11.5 Å². The fraction of sp³-hybridized carbons (Fsp3) is 0.125. The highest BCUT2D eigenvalue weighted by Gasteiger charge is 2.12. The zero-order chi connectivity index (χ0) is 21.5. The molecule has 1 amide bonds. The van der Waals surface area contributed by atoms with Gasteiger partial charge in [-0.15, -0.1) is 0 Å². The number of nitrogens with one attached hydrogen (secondary N) is 1. The van der Waals surface area contributed by atoms with Gasteiger partial charge in [-0.25, -0.2) is 0 Å². The molecule has 3 aromatic rings. The van der Waals surface area contributed by atoms with Crippen molar-refractivity contribution >= 4 is 45.2 Å². The number of methoxy groups -OCH3 is 1. The average molecular weight is 487 g/mol. The van der Waals surface area contributed by atoms with Crippen molar-refractivity contribution in [2.45, 2.75) is 13.5 Å². The molecule has 0 radical (unpaired) electrons. The van der Waals surface area contributed by atoms with E-state index in [9.17, 15) is 4.79 Å². The van der Waals surface area contributed by atoms with Gasteiger partial charge >= 0.3 is 0 Å². The lowest BCUT2D eigenvalue weighted by atomic mass is 10.1. The van der Waals surface area contributed by atoms with Crippen LogP contribution in [0.2, 0.25) is 5.02 Å². The molecule has 154 valence electrons. The average Bonchev–Trinajstić information content (AvgIpc) is 2.75. The Kier molecular flexibility index (Phi) is 7.55. The van der Waals surface area contributed by atoms with Crippen molar-refractivity contribution < 1.29 is 14.3 Å². The summed E-state index contributed by atoms with van der Waals surface area (Å²) < 4.78 is 12.2. The van der Waals surface area contributed by atoms with Gasteiger partial charge in [-0.05, 0) is 69.9 Å². The Hall–Kier alpha value is -2.76. The van der Waals surface area contributed by atoms with Crippen LogP contribution in [0, 0.1) is 6.92 Å². The van der Waals surface area contributed by atoms with Crippen molar-refractivity contribution in [1.29, 1.82) is 0 Å². The molecule has 1 N–H and O–H groups in total. The van der Waals surface area contributed by atoms with Crippen LogP contribution in [0.3, 0.4) is 0 Å². The third-order valence-corrected chi connectivity index (χ3v) is 5.43. The maximum absolute atomic E-state index is 12.3. The number of halogens is 2. The molecule has 4 nitrogen and oxygen atoms in total. The summed E-state index contributed by atoms with van der Waals surface area (Å²) in [5.41, 5.74) is 3.36. The second kappa shape index (κ2) is 10.3. The first-order valence-corrected chi connectivity index (χ1v) is 10.4. The Morgan fingerprint density at radius 2 is 1.90 bits per heavy atom. The molecule has 0 fully saturated rings. The molecule has 30 heavy (non-hydrogen) atoms. The summed E-state index contributed by atoms with van der Waals surface area (Å²) in [4.78, 5) is 12.3. The number of carbonyl (C=O) groups is 1. The number of carbonyl (C=O) groups excluding carboxylic acids is 1. The van der Waals surface area contributed by atoms with Crippen molar-refractivity contribution in [2.24, 2.45) is 0 Å². The molecule has 0 unspecified atom stereocenters. The molecular weight excluding hydrogens is 466 g/mol. The number of anilines is 1. The second-order valence-electron chi connectivity index (χ2n) is 6.54. The van der Waals surface area contributed by atoms with E-state index in [0.717, 1.165) is 21.2 Å². The molecule has 0 spiro atoms. The summed E-state index contributed by atoms with van der Waals surface area (Å²) >= 11 is 9.64. The van der Waals surface area contributed by atoms with Gasteiger partial charge in [0.25, 0.3) is 0 Å². The normalized spacial score (nSPS) is 10.8. The van der Waals surface area contributed by atoms with Gasteiger partial charge in [0, 0.05) is 16.8 Å². The van der Waals surface area contributed by atoms with Gasteiger partial charge in [-0.1, -0.05) is 48.0 Å². The van der Waals surface area contributed by atoms with E-state index in [1.807, 2.05) is 55.5 Å². The van der Waals surface area contributed by atoms with Gasteiger partial charge in [0.05, 0.1) is 11.6 Å². The number of hydrogen-bond acceptors (Lipinski definition) is 3. The molecule has 0 saturated heterocycles. The van der Waals surface area contributed by atoms with Crippen LogP contribution in [0.15, 0.2) is 71.2 Å². The molecule has 0 saturated carbocycles. The minimum absolute atomic E-state index is 0.250. The lowest BCUT2D eigenvalue weighted by Crippen LogP contribution is -2.09. The summed E-state index contributed by atoms with van der Waals surface area (Å²) in [6.07, 6.45) is 3.18. The van der Waals surface area contributed by atoms with E-state index < -0.39 is 0 Å². The third-order valence-electron chi connectivity index (χ3n) is 4.43. The van der Waals surface area contributed by atoms with Crippen LogP contribution in [0.4, 0.5) is 5.69 Å². The van der Waals surface area contributed by atoms with E-state index in [4.69, 9.17) is 21.1 Å². The first-order chi connectivity index (χ1) is 14.5. The molecule has 0 aliphatic heterocycles. The van der Waals surface area contributed by atoms with Gasteiger partial charge in [0.15, 0.2) is 11.5 Å². The Morgan fingerprint density at radius 3 is 2.63 bits per heavy atom. The lowest BCUT2D eigenvalue weighted by Gasteiger charge is -2.13. The molecule has 0 aliphatic carbocycles. The Morgan fingerprint density at radius 1 is 1.13 bits per heavy atom. The van der Waals surface area contributed by atoms with E-state index in [1.165, 1.54) is 6.08 Å². The SMILES string of the molecule is COc1cc(C=CC(=O)Nc2cccc(Cl)c2C)cc(Br)c1OCc1ccccc1. The lowest BCUT2D eigenvalue weighted by molar-refractivity contribution is -0.111. The quantitative estimate of drug-likeness (QED) is 0.380. The Bertz CT molecular complexity index is 1070. The maximum Gasteiger partial charge on any atom is 0.248 e. The van der Waals surface area contributed by atoms with E-state index in [0.29, 0.717) is 28.8 Å². The first-order valence-electron chi connectivity index (χ1n) is 9.26. The highest BCUT2D eigenvalue weighted by molar-refractivity contribution is 9.10. The van der Waals surface area contributed by atoms with Crippen LogP contribution in [-0.2, 0) is 11.4 Å². The number of amides is 1. The number of rotatable bonds is 7. The second-order valence-corrected chi connectivity index (χ2v) is 7.80. The van der Waals surface area contributed by atoms with Gasteiger partial charge in [-0.3, -0.25) is 4.79 Å². The minimum Gasteiger partial charge on any atom is -0.493 e. The Balaban J connectivity index is 1.72. The molecule has 3 rings (SSSR count). The summed E-state index contributed by atoms with van der Waals surface area (Å²) in [6, 6.07) is 19.0. The smallest absolute Gasteiger partial charge is 0.248 e. The zero-order valence-electron chi connectivity index (χ0n) is 16.6.